The number of amides is 1. The predicted octanol–water partition coefficient (Wildman–Crippen LogP) is 4.46. The Labute approximate surface area is 169 Å². The first kappa shape index (κ1) is 20.2. The fourth-order valence-electron chi connectivity index (χ4n) is 2.99. The second-order valence-electron chi connectivity index (χ2n) is 7.74. The van der Waals surface area contributed by atoms with Crippen molar-refractivity contribution >= 4 is 17.7 Å². The van der Waals surface area contributed by atoms with Crippen LogP contribution in [-0.4, -0.2) is 32.0 Å². The van der Waals surface area contributed by atoms with E-state index in [1.165, 1.54) is 11.8 Å². The summed E-state index contributed by atoms with van der Waals surface area (Å²) in [5.41, 5.74) is 1.79. The molecule has 0 bridgehead atoms. The van der Waals surface area contributed by atoms with Crippen LogP contribution in [0.2, 0.25) is 0 Å². The molecular formula is C21H26N4O2S. The molecule has 0 saturated carbocycles. The first-order chi connectivity index (χ1) is 13.3. The molecule has 2 aromatic heterocycles. The molecule has 1 N–H and O–H groups in total. The van der Waals surface area contributed by atoms with Crippen molar-refractivity contribution in [2.75, 3.05) is 5.75 Å². The summed E-state index contributed by atoms with van der Waals surface area (Å²) in [6, 6.07) is 12.1. The Hall–Kier alpha value is -2.54. The number of furan rings is 1. The summed E-state index contributed by atoms with van der Waals surface area (Å²) in [6.45, 7) is 9.92. The van der Waals surface area contributed by atoms with Crippen LogP contribution in [0.1, 0.15) is 45.1 Å². The van der Waals surface area contributed by atoms with Gasteiger partial charge in [0.05, 0.1) is 23.6 Å². The van der Waals surface area contributed by atoms with Gasteiger partial charge >= 0.3 is 0 Å². The smallest absolute Gasteiger partial charge is 0.230 e. The first-order valence-corrected chi connectivity index (χ1v) is 10.2. The van der Waals surface area contributed by atoms with E-state index in [-0.39, 0.29) is 23.2 Å². The summed E-state index contributed by atoms with van der Waals surface area (Å²) in [5, 5.41) is 12.5. The van der Waals surface area contributed by atoms with E-state index in [0.717, 1.165) is 22.7 Å². The molecule has 0 saturated heterocycles. The number of hydrogen-bond acceptors (Lipinski definition) is 5. The molecule has 148 valence electrons. The third kappa shape index (κ3) is 4.65. The number of thioether (sulfide) groups is 1. The molecule has 0 aliphatic heterocycles. The highest BCUT2D eigenvalue weighted by Gasteiger charge is 2.23. The van der Waals surface area contributed by atoms with Crippen LogP contribution in [0.4, 0.5) is 0 Å². The molecule has 2 heterocycles. The maximum Gasteiger partial charge on any atom is 0.230 e. The van der Waals surface area contributed by atoms with Gasteiger partial charge in [0.2, 0.25) is 5.91 Å². The second kappa shape index (κ2) is 8.22. The number of nitrogens with one attached hydrogen (secondary N) is 1. The van der Waals surface area contributed by atoms with Crippen molar-refractivity contribution in [2.45, 2.75) is 51.4 Å². The molecular weight excluding hydrogens is 372 g/mol. The van der Waals surface area contributed by atoms with Gasteiger partial charge in [0.1, 0.15) is 5.76 Å². The lowest BCUT2D eigenvalue weighted by molar-refractivity contribution is -0.119. The number of carbonyl (C=O) groups is 1. The number of aromatic nitrogens is 3. The van der Waals surface area contributed by atoms with Gasteiger partial charge in [-0.2, -0.15) is 0 Å². The van der Waals surface area contributed by atoms with Gasteiger partial charge in [0, 0.05) is 5.54 Å². The van der Waals surface area contributed by atoms with Gasteiger partial charge in [0.15, 0.2) is 11.0 Å². The lowest BCUT2D eigenvalue weighted by Gasteiger charge is -2.21. The molecule has 0 fully saturated rings. The molecule has 0 unspecified atom stereocenters. The second-order valence-corrected chi connectivity index (χ2v) is 8.68. The van der Waals surface area contributed by atoms with Crippen molar-refractivity contribution in [3.05, 3.63) is 54.0 Å². The van der Waals surface area contributed by atoms with Gasteiger partial charge in [0.25, 0.3) is 0 Å². The van der Waals surface area contributed by atoms with E-state index >= 15 is 0 Å². The Bertz CT molecular complexity index is 941. The Morgan fingerprint density at radius 3 is 2.54 bits per heavy atom. The molecule has 0 radical (unpaired) electrons. The number of aryl methyl sites for hydroxylation is 1. The van der Waals surface area contributed by atoms with E-state index in [2.05, 4.69) is 39.1 Å². The molecule has 1 atom stereocenters. The molecule has 3 aromatic rings. The lowest BCUT2D eigenvalue weighted by Crippen LogP contribution is -2.41. The summed E-state index contributed by atoms with van der Waals surface area (Å²) in [7, 11) is 0. The van der Waals surface area contributed by atoms with Crippen molar-refractivity contribution in [1.29, 1.82) is 0 Å². The average Bonchev–Trinajstić information content (AvgIpc) is 3.24. The maximum atomic E-state index is 12.3. The van der Waals surface area contributed by atoms with Crippen molar-refractivity contribution < 1.29 is 9.21 Å². The quantitative estimate of drug-likeness (QED) is 0.621. The molecule has 0 aliphatic carbocycles. The SMILES string of the molecule is Cc1occc1-c1nnc(SCC(=O)NC(C)(C)C)n1[C@@H](C)c1ccccc1. The van der Waals surface area contributed by atoms with Crippen LogP contribution < -0.4 is 5.32 Å². The van der Waals surface area contributed by atoms with Crippen LogP contribution >= 0.6 is 11.8 Å². The van der Waals surface area contributed by atoms with Crippen LogP contribution in [0.25, 0.3) is 11.4 Å². The number of hydrogen-bond donors (Lipinski definition) is 1. The number of carbonyl (C=O) groups excluding carboxylic acids is 1. The van der Waals surface area contributed by atoms with E-state index in [1.807, 2.05) is 52.0 Å². The van der Waals surface area contributed by atoms with Crippen LogP contribution in [0.5, 0.6) is 0 Å². The van der Waals surface area contributed by atoms with Crippen molar-refractivity contribution in [3.8, 4) is 11.4 Å². The standard InChI is InChI=1S/C21H26N4O2S/c1-14(16-9-7-6-8-10-16)25-19(17-11-12-27-15(17)2)23-24-20(25)28-13-18(26)22-21(3,4)5/h6-12,14H,13H2,1-5H3,(H,22,26)/t14-/m0/s1. The number of rotatable bonds is 6. The number of nitrogens with zero attached hydrogens (tertiary/aromatic N) is 3. The summed E-state index contributed by atoms with van der Waals surface area (Å²) in [6.07, 6.45) is 1.65. The molecule has 1 amide bonds. The largest absolute Gasteiger partial charge is 0.469 e. The third-order valence-electron chi connectivity index (χ3n) is 4.28. The molecule has 0 spiro atoms. The first-order valence-electron chi connectivity index (χ1n) is 9.24. The van der Waals surface area contributed by atoms with E-state index < -0.39 is 0 Å². The van der Waals surface area contributed by atoms with E-state index in [9.17, 15) is 4.79 Å². The summed E-state index contributed by atoms with van der Waals surface area (Å²) < 4.78 is 7.54. The highest BCUT2D eigenvalue weighted by atomic mass is 32.2. The summed E-state index contributed by atoms with van der Waals surface area (Å²) >= 11 is 1.39. The van der Waals surface area contributed by atoms with Crippen molar-refractivity contribution in [1.82, 2.24) is 20.1 Å². The van der Waals surface area contributed by atoms with Gasteiger partial charge < -0.3 is 9.73 Å². The monoisotopic (exact) mass is 398 g/mol. The Kier molecular flexibility index (Phi) is 5.93. The molecule has 3 rings (SSSR count). The van der Waals surface area contributed by atoms with Crippen LogP contribution in [0, 0.1) is 6.92 Å². The van der Waals surface area contributed by atoms with Gasteiger partial charge in [-0.3, -0.25) is 9.36 Å². The Balaban J connectivity index is 1.93. The predicted molar refractivity (Wildman–Crippen MR) is 111 cm³/mol. The van der Waals surface area contributed by atoms with Crippen LogP contribution in [0.15, 0.2) is 52.2 Å². The van der Waals surface area contributed by atoms with Gasteiger partial charge in [-0.1, -0.05) is 42.1 Å². The molecule has 1 aromatic carbocycles. The summed E-state index contributed by atoms with van der Waals surface area (Å²) in [4.78, 5) is 12.3. The zero-order chi connectivity index (χ0) is 20.3. The van der Waals surface area contributed by atoms with Gasteiger partial charge in [-0.25, -0.2) is 0 Å². The molecule has 6 nitrogen and oxygen atoms in total. The molecule has 7 heteroatoms. The Morgan fingerprint density at radius 2 is 1.93 bits per heavy atom. The van der Waals surface area contributed by atoms with E-state index in [1.54, 1.807) is 6.26 Å². The lowest BCUT2D eigenvalue weighted by atomic mass is 10.1. The topological polar surface area (TPSA) is 72.9 Å². The van der Waals surface area contributed by atoms with Gasteiger partial charge in [-0.15, -0.1) is 10.2 Å². The van der Waals surface area contributed by atoms with Crippen molar-refractivity contribution in [3.63, 3.8) is 0 Å². The summed E-state index contributed by atoms with van der Waals surface area (Å²) in [5.74, 6) is 1.78. The van der Waals surface area contributed by atoms with Crippen molar-refractivity contribution in [2.24, 2.45) is 0 Å². The third-order valence-corrected chi connectivity index (χ3v) is 5.22. The minimum absolute atomic E-state index is 0.00803. The zero-order valence-electron chi connectivity index (χ0n) is 16.9. The fraction of sp³-hybridized carbons (Fsp3) is 0.381. The van der Waals surface area contributed by atoms with Crippen LogP contribution in [-0.2, 0) is 4.79 Å². The fourth-order valence-corrected chi connectivity index (χ4v) is 3.80. The normalized spacial score (nSPS) is 12.8. The van der Waals surface area contributed by atoms with E-state index in [4.69, 9.17) is 4.42 Å². The Morgan fingerprint density at radius 1 is 1.21 bits per heavy atom. The maximum absolute atomic E-state index is 12.3. The molecule has 28 heavy (non-hydrogen) atoms. The van der Waals surface area contributed by atoms with E-state index in [0.29, 0.717) is 5.16 Å². The van der Waals surface area contributed by atoms with Gasteiger partial charge in [-0.05, 0) is 46.2 Å². The minimum Gasteiger partial charge on any atom is -0.469 e. The minimum atomic E-state index is -0.262. The molecule has 0 aliphatic rings. The zero-order valence-corrected chi connectivity index (χ0v) is 17.7. The average molecular weight is 399 g/mol. The number of benzene rings is 1. The van der Waals surface area contributed by atoms with Crippen LogP contribution in [0.3, 0.4) is 0 Å². The highest BCUT2D eigenvalue weighted by Crippen LogP contribution is 2.32. The highest BCUT2D eigenvalue weighted by molar-refractivity contribution is 7.99.